The Morgan fingerprint density at radius 1 is 0.900 bits per heavy atom. The first-order valence-corrected chi connectivity index (χ1v) is 13.9. The van der Waals surface area contributed by atoms with Crippen LogP contribution in [0.1, 0.15) is 41.8 Å². The van der Waals surface area contributed by atoms with Crippen LogP contribution in [0.5, 0.6) is 0 Å². The third kappa shape index (κ3) is 5.73. The molecule has 0 unspecified atom stereocenters. The van der Waals surface area contributed by atoms with Gasteiger partial charge in [0.2, 0.25) is 11.8 Å². The number of halogens is 1. The summed E-state index contributed by atoms with van der Waals surface area (Å²) in [5, 5.41) is 5.47. The average Bonchev–Trinajstić information content (AvgIpc) is 3.24. The zero-order valence-electron chi connectivity index (χ0n) is 22.6. The summed E-state index contributed by atoms with van der Waals surface area (Å²) >= 11 is 6.13. The van der Waals surface area contributed by atoms with E-state index in [1.807, 2.05) is 86.6 Å². The number of hydrogen-bond donors (Lipinski definition) is 1. The van der Waals surface area contributed by atoms with Gasteiger partial charge in [0.05, 0.1) is 5.69 Å². The van der Waals surface area contributed by atoms with E-state index in [1.54, 1.807) is 23.1 Å². The minimum Gasteiger partial charge on any atom is -0.352 e. The van der Waals surface area contributed by atoms with Crippen molar-refractivity contribution in [3.63, 3.8) is 0 Å². The Morgan fingerprint density at radius 2 is 1.60 bits per heavy atom. The van der Waals surface area contributed by atoms with Crippen molar-refractivity contribution in [2.75, 3.05) is 11.4 Å². The van der Waals surface area contributed by atoms with E-state index in [2.05, 4.69) is 5.32 Å². The average molecular weight is 554 g/mol. The predicted molar refractivity (Wildman–Crippen MR) is 159 cm³/mol. The van der Waals surface area contributed by atoms with Gasteiger partial charge >= 0.3 is 0 Å². The molecule has 0 bridgehead atoms. The molecule has 4 aromatic carbocycles. The molecule has 0 fully saturated rings. The van der Waals surface area contributed by atoms with Crippen molar-refractivity contribution in [2.45, 2.75) is 45.3 Å². The van der Waals surface area contributed by atoms with Gasteiger partial charge in [-0.1, -0.05) is 85.3 Å². The van der Waals surface area contributed by atoms with E-state index in [-0.39, 0.29) is 36.9 Å². The second-order valence-corrected chi connectivity index (χ2v) is 10.7. The molecule has 0 saturated carbocycles. The summed E-state index contributed by atoms with van der Waals surface area (Å²) in [4.78, 5) is 44.5. The number of carbonyl (C=O) groups is 3. The molecule has 0 radical (unpaired) electrons. The van der Waals surface area contributed by atoms with Gasteiger partial charge in [-0.05, 0) is 54.1 Å². The quantitative estimate of drug-likeness (QED) is 0.261. The van der Waals surface area contributed by atoms with Crippen molar-refractivity contribution in [1.82, 2.24) is 10.2 Å². The highest BCUT2D eigenvalue weighted by Gasteiger charge is 2.36. The maximum atomic E-state index is 14.2. The predicted octanol–water partition coefficient (Wildman–Crippen LogP) is 6.01. The number of amides is 3. The molecule has 5 rings (SSSR count). The van der Waals surface area contributed by atoms with Crippen molar-refractivity contribution < 1.29 is 14.4 Å². The van der Waals surface area contributed by atoms with Gasteiger partial charge < -0.3 is 10.2 Å². The third-order valence-corrected chi connectivity index (χ3v) is 7.73. The van der Waals surface area contributed by atoms with Crippen LogP contribution in [-0.4, -0.2) is 41.2 Å². The van der Waals surface area contributed by atoms with Gasteiger partial charge in [0.25, 0.3) is 5.91 Å². The third-order valence-electron chi connectivity index (χ3n) is 7.48. The maximum absolute atomic E-state index is 14.2. The number of rotatable bonds is 10. The number of nitrogens with one attached hydrogen (secondary N) is 1. The summed E-state index contributed by atoms with van der Waals surface area (Å²) in [7, 11) is 0. The summed E-state index contributed by atoms with van der Waals surface area (Å²) in [6, 6.07) is 27.4. The highest BCUT2D eigenvalue weighted by Crippen LogP contribution is 2.37. The number of hydrogen-bond acceptors (Lipinski definition) is 3. The fraction of sp³-hybridized carbons (Fsp3) is 0.242. The molecule has 204 valence electrons. The Bertz CT molecular complexity index is 1530. The van der Waals surface area contributed by atoms with Gasteiger partial charge in [0.1, 0.15) is 12.6 Å². The van der Waals surface area contributed by atoms with Crippen LogP contribution >= 0.6 is 11.6 Å². The van der Waals surface area contributed by atoms with Gasteiger partial charge in [0, 0.05) is 35.0 Å². The fourth-order valence-corrected chi connectivity index (χ4v) is 5.27. The first-order valence-electron chi connectivity index (χ1n) is 13.6. The van der Waals surface area contributed by atoms with Gasteiger partial charge in [-0.3, -0.25) is 19.3 Å². The van der Waals surface area contributed by atoms with Crippen LogP contribution in [0, 0.1) is 0 Å². The van der Waals surface area contributed by atoms with Crippen LogP contribution in [0.25, 0.3) is 10.8 Å². The first kappa shape index (κ1) is 27.4. The van der Waals surface area contributed by atoms with E-state index >= 15 is 0 Å². The number of benzene rings is 4. The monoisotopic (exact) mass is 553 g/mol. The molecule has 1 heterocycles. The van der Waals surface area contributed by atoms with E-state index < -0.39 is 6.04 Å². The molecule has 6 nitrogen and oxygen atoms in total. The molecule has 1 N–H and O–H groups in total. The standard InChI is InChI=1S/C33H32ClN3O3/c1-3-22(2)35-32(39)29(19-23-9-5-4-6-10-23)36(20-24-15-17-26(34)18-16-24)30(38)21-37-28-14-8-12-25-11-7-13-27(31(25)28)33(37)40/h4-18,22,29H,3,19-21H2,1-2H3,(H,35,39)/t22-,29-/m1/s1. The topological polar surface area (TPSA) is 69.7 Å². The van der Waals surface area contributed by atoms with Crippen LogP contribution < -0.4 is 10.2 Å². The first-order chi connectivity index (χ1) is 19.4. The molecule has 0 aliphatic carbocycles. The lowest BCUT2D eigenvalue weighted by atomic mass is 10.0. The van der Waals surface area contributed by atoms with E-state index in [0.29, 0.717) is 22.7 Å². The lowest BCUT2D eigenvalue weighted by Gasteiger charge is -2.33. The van der Waals surface area contributed by atoms with Crippen molar-refractivity contribution in [1.29, 1.82) is 0 Å². The SMILES string of the molecule is CC[C@@H](C)NC(=O)[C@@H](Cc1ccccc1)N(Cc1ccc(Cl)cc1)C(=O)CN1C(=O)c2cccc3cccc1c23. The van der Waals surface area contributed by atoms with Crippen LogP contribution in [-0.2, 0) is 22.6 Å². The molecular weight excluding hydrogens is 522 g/mol. The van der Waals surface area contributed by atoms with Crippen LogP contribution in [0.3, 0.4) is 0 Å². The van der Waals surface area contributed by atoms with Crippen molar-refractivity contribution in [3.05, 3.63) is 113 Å². The Labute approximate surface area is 239 Å². The Morgan fingerprint density at radius 3 is 2.30 bits per heavy atom. The van der Waals surface area contributed by atoms with E-state index in [4.69, 9.17) is 11.6 Å². The molecular formula is C33H32ClN3O3. The molecule has 4 aromatic rings. The molecule has 2 atom stereocenters. The lowest BCUT2D eigenvalue weighted by Crippen LogP contribution is -2.54. The summed E-state index contributed by atoms with van der Waals surface area (Å²) < 4.78 is 0. The van der Waals surface area contributed by atoms with Crippen LogP contribution in [0.15, 0.2) is 91.0 Å². The van der Waals surface area contributed by atoms with Gasteiger partial charge in [-0.15, -0.1) is 0 Å². The fourth-order valence-electron chi connectivity index (χ4n) is 5.14. The van der Waals surface area contributed by atoms with Gasteiger partial charge in [-0.2, -0.15) is 0 Å². The zero-order valence-corrected chi connectivity index (χ0v) is 23.4. The lowest BCUT2D eigenvalue weighted by molar-refractivity contribution is -0.140. The molecule has 1 aliphatic heterocycles. The number of nitrogens with zero attached hydrogens (tertiary/aromatic N) is 2. The van der Waals surface area contributed by atoms with Crippen molar-refractivity contribution in [3.8, 4) is 0 Å². The highest BCUT2D eigenvalue weighted by atomic mass is 35.5. The van der Waals surface area contributed by atoms with E-state index in [0.717, 1.165) is 28.3 Å². The Kier molecular flexibility index (Phi) is 8.17. The highest BCUT2D eigenvalue weighted by molar-refractivity contribution is 6.30. The minimum absolute atomic E-state index is 0.0504. The number of carbonyl (C=O) groups excluding carboxylic acids is 3. The van der Waals surface area contributed by atoms with Gasteiger partial charge in [-0.25, -0.2) is 0 Å². The van der Waals surface area contributed by atoms with Crippen LogP contribution in [0.2, 0.25) is 5.02 Å². The largest absolute Gasteiger partial charge is 0.352 e. The van der Waals surface area contributed by atoms with E-state index in [1.165, 1.54) is 4.90 Å². The van der Waals surface area contributed by atoms with Crippen molar-refractivity contribution in [2.24, 2.45) is 0 Å². The smallest absolute Gasteiger partial charge is 0.259 e. The molecule has 7 heteroatoms. The normalized spacial score (nSPS) is 13.8. The summed E-state index contributed by atoms with van der Waals surface area (Å²) in [5.74, 6) is -0.748. The molecule has 40 heavy (non-hydrogen) atoms. The minimum atomic E-state index is -0.782. The second kappa shape index (κ2) is 11.9. The maximum Gasteiger partial charge on any atom is 0.259 e. The van der Waals surface area contributed by atoms with Gasteiger partial charge in [0.15, 0.2) is 0 Å². The molecule has 3 amide bonds. The summed E-state index contributed by atoms with van der Waals surface area (Å²) in [5.41, 5.74) is 3.07. The molecule has 0 saturated heterocycles. The van der Waals surface area contributed by atoms with Crippen LogP contribution in [0.4, 0.5) is 5.69 Å². The number of anilines is 1. The zero-order chi connectivity index (χ0) is 28.2. The summed E-state index contributed by atoms with van der Waals surface area (Å²) in [6.07, 6.45) is 1.10. The molecule has 0 aromatic heterocycles. The second-order valence-electron chi connectivity index (χ2n) is 10.2. The van der Waals surface area contributed by atoms with E-state index in [9.17, 15) is 14.4 Å². The Hall–Kier alpha value is -4.16. The molecule has 0 spiro atoms. The molecule has 1 aliphatic rings. The Balaban J connectivity index is 1.51. The van der Waals surface area contributed by atoms with Crippen molar-refractivity contribution >= 4 is 45.8 Å². The summed E-state index contributed by atoms with van der Waals surface area (Å²) in [6.45, 7) is 3.97.